The van der Waals surface area contributed by atoms with Gasteiger partial charge >= 0.3 is 0 Å². The third-order valence-corrected chi connectivity index (χ3v) is 3.65. The van der Waals surface area contributed by atoms with Gasteiger partial charge < -0.3 is 0 Å². The molecule has 0 aromatic rings. The van der Waals surface area contributed by atoms with Gasteiger partial charge in [-0.2, -0.15) is 0 Å². The van der Waals surface area contributed by atoms with Gasteiger partial charge in [-0.25, -0.2) is 0 Å². The van der Waals surface area contributed by atoms with E-state index < -0.39 is 0 Å². The van der Waals surface area contributed by atoms with Gasteiger partial charge in [-0.3, -0.25) is 0 Å². The van der Waals surface area contributed by atoms with Crippen LogP contribution in [0.25, 0.3) is 0 Å². The largest absolute Gasteiger partial charge is 0.0842 e. The summed E-state index contributed by atoms with van der Waals surface area (Å²) in [5.74, 6) is 1.51. The molecule has 0 N–H and O–H groups in total. The van der Waals surface area contributed by atoms with Gasteiger partial charge in [-0.05, 0) is 37.5 Å². The Kier molecular flexibility index (Phi) is 4.21. The first kappa shape index (κ1) is 11.4. The minimum atomic E-state index is 0.739. The van der Waals surface area contributed by atoms with Gasteiger partial charge in [-0.15, -0.1) is 0 Å². The molecule has 0 radical (unpaired) electrons. The molecular weight excluding hydrogens is 192 g/mol. The first-order valence-electron chi connectivity index (χ1n) is 6.60. The van der Waals surface area contributed by atoms with Crippen LogP contribution in [0.3, 0.4) is 0 Å². The molecule has 2 aliphatic carbocycles. The zero-order valence-corrected chi connectivity index (χ0v) is 10.2. The Morgan fingerprint density at radius 3 is 2.81 bits per heavy atom. The second kappa shape index (κ2) is 5.89. The van der Waals surface area contributed by atoms with E-state index >= 15 is 0 Å². The van der Waals surface area contributed by atoms with Crippen LogP contribution in [0.15, 0.2) is 48.1 Å². The zero-order chi connectivity index (χ0) is 11.2. The van der Waals surface area contributed by atoms with Crippen LogP contribution in [-0.4, -0.2) is 0 Å². The molecule has 0 nitrogen and oxygen atoms in total. The molecule has 0 aromatic carbocycles. The topological polar surface area (TPSA) is 0 Å². The van der Waals surface area contributed by atoms with Crippen LogP contribution in [0.5, 0.6) is 0 Å². The first-order valence-corrected chi connectivity index (χ1v) is 6.60. The van der Waals surface area contributed by atoms with Crippen molar-refractivity contribution in [3.8, 4) is 0 Å². The fourth-order valence-corrected chi connectivity index (χ4v) is 2.81. The number of hydrogen-bond donors (Lipinski definition) is 0. The lowest BCUT2D eigenvalue weighted by Gasteiger charge is -2.28. The highest BCUT2D eigenvalue weighted by molar-refractivity contribution is 5.24. The molecule has 0 heterocycles. The zero-order valence-electron chi connectivity index (χ0n) is 10.2. The maximum atomic E-state index is 2.40. The van der Waals surface area contributed by atoms with Crippen molar-refractivity contribution in [1.82, 2.24) is 0 Å². The van der Waals surface area contributed by atoms with Crippen LogP contribution in [0.1, 0.15) is 39.0 Å². The maximum Gasteiger partial charge on any atom is -0.0130 e. The molecule has 0 bridgehead atoms. The predicted molar refractivity (Wildman–Crippen MR) is 71.2 cm³/mol. The molecule has 0 saturated carbocycles. The minimum absolute atomic E-state index is 0.739. The molecule has 2 rings (SSSR count). The van der Waals surface area contributed by atoms with E-state index in [1.165, 1.54) is 32.1 Å². The van der Waals surface area contributed by atoms with Crippen molar-refractivity contribution in [3.63, 3.8) is 0 Å². The summed E-state index contributed by atoms with van der Waals surface area (Å²) in [6.45, 7) is 2.30. The Morgan fingerprint density at radius 2 is 2.19 bits per heavy atom. The second-order valence-electron chi connectivity index (χ2n) is 4.82. The SMILES string of the molecule is CCCC(C1=CC=CCC1)C1C=CC=CC1. The highest BCUT2D eigenvalue weighted by atomic mass is 14.3. The number of allylic oxidation sites excluding steroid dienone is 8. The van der Waals surface area contributed by atoms with Crippen molar-refractivity contribution in [2.75, 3.05) is 0 Å². The summed E-state index contributed by atoms with van der Waals surface area (Å²) in [6, 6.07) is 0. The summed E-state index contributed by atoms with van der Waals surface area (Å²) in [4.78, 5) is 0. The Labute approximate surface area is 99.4 Å². The van der Waals surface area contributed by atoms with E-state index in [-0.39, 0.29) is 0 Å². The van der Waals surface area contributed by atoms with Gasteiger partial charge in [0.15, 0.2) is 0 Å². The van der Waals surface area contributed by atoms with Crippen LogP contribution < -0.4 is 0 Å². The van der Waals surface area contributed by atoms with Gasteiger partial charge in [-0.1, -0.05) is 61.4 Å². The molecule has 0 aromatic heterocycles. The first-order chi connectivity index (χ1) is 7.92. The maximum absolute atomic E-state index is 2.40. The quantitative estimate of drug-likeness (QED) is 0.630. The normalized spacial score (nSPS) is 25.6. The van der Waals surface area contributed by atoms with Crippen LogP contribution in [0, 0.1) is 11.8 Å². The third-order valence-electron chi connectivity index (χ3n) is 3.65. The highest BCUT2D eigenvalue weighted by Crippen LogP contribution is 2.34. The second-order valence-corrected chi connectivity index (χ2v) is 4.82. The van der Waals surface area contributed by atoms with E-state index in [1.807, 2.05) is 0 Å². The molecule has 0 aliphatic heterocycles. The van der Waals surface area contributed by atoms with Crippen LogP contribution >= 0.6 is 0 Å². The Bertz CT molecular complexity index is 328. The molecule has 0 spiro atoms. The molecule has 2 unspecified atom stereocenters. The summed E-state index contributed by atoms with van der Waals surface area (Å²) < 4.78 is 0. The monoisotopic (exact) mass is 214 g/mol. The lowest BCUT2D eigenvalue weighted by Crippen LogP contribution is -2.16. The molecule has 2 aliphatic rings. The molecule has 0 saturated heterocycles. The van der Waals surface area contributed by atoms with Gasteiger partial charge in [0.1, 0.15) is 0 Å². The van der Waals surface area contributed by atoms with E-state index in [1.54, 1.807) is 5.57 Å². The average molecular weight is 214 g/mol. The van der Waals surface area contributed by atoms with Gasteiger partial charge in [0.05, 0.1) is 0 Å². The standard InChI is InChI=1S/C16H22/c1-2-9-16(14-10-5-3-6-11-14)15-12-7-4-8-13-15/h3-7,10,12,14,16H,2,8-9,11,13H2,1H3. The average Bonchev–Trinajstić information content (AvgIpc) is 2.38. The van der Waals surface area contributed by atoms with E-state index in [2.05, 4.69) is 49.5 Å². The molecule has 0 amide bonds. The molecule has 0 fully saturated rings. The summed E-state index contributed by atoms with van der Waals surface area (Å²) in [5.41, 5.74) is 1.68. The van der Waals surface area contributed by atoms with Crippen molar-refractivity contribution in [2.24, 2.45) is 11.8 Å². The lowest BCUT2D eigenvalue weighted by molar-refractivity contribution is 0.409. The lowest BCUT2D eigenvalue weighted by atomic mass is 9.77. The summed E-state index contributed by atoms with van der Waals surface area (Å²) in [7, 11) is 0. The van der Waals surface area contributed by atoms with Crippen molar-refractivity contribution in [1.29, 1.82) is 0 Å². The number of rotatable bonds is 4. The molecule has 16 heavy (non-hydrogen) atoms. The summed E-state index contributed by atoms with van der Waals surface area (Å²) in [5, 5.41) is 0. The van der Waals surface area contributed by atoms with Crippen molar-refractivity contribution in [3.05, 3.63) is 48.1 Å². The Morgan fingerprint density at radius 1 is 1.25 bits per heavy atom. The Balaban J connectivity index is 2.09. The van der Waals surface area contributed by atoms with E-state index in [4.69, 9.17) is 0 Å². The van der Waals surface area contributed by atoms with E-state index in [0.29, 0.717) is 0 Å². The van der Waals surface area contributed by atoms with E-state index in [9.17, 15) is 0 Å². The Hall–Kier alpha value is -1.04. The molecular formula is C16H22. The van der Waals surface area contributed by atoms with E-state index in [0.717, 1.165) is 11.8 Å². The fourth-order valence-electron chi connectivity index (χ4n) is 2.81. The highest BCUT2D eigenvalue weighted by Gasteiger charge is 2.22. The molecule has 86 valence electrons. The predicted octanol–water partition coefficient (Wildman–Crippen LogP) is 4.81. The van der Waals surface area contributed by atoms with Gasteiger partial charge in [0.25, 0.3) is 0 Å². The molecule has 0 heteroatoms. The van der Waals surface area contributed by atoms with Crippen LogP contribution in [-0.2, 0) is 0 Å². The summed E-state index contributed by atoms with van der Waals surface area (Å²) >= 11 is 0. The van der Waals surface area contributed by atoms with Crippen molar-refractivity contribution >= 4 is 0 Å². The third kappa shape index (κ3) is 2.75. The summed E-state index contributed by atoms with van der Waals surface area (Å²) in [6.07, 6.45) is 22.3. The van der Waals surface area contributed by atoms with Crippen molar-refractivity contribution < 1.29 is 0 Å². The van der Waals surface area contributed by atoms with Crippen molar-refractivity contribution in [2.45, 2.75) is 39.0 Å². The van der Waals surface area contributed by atoms with Gasteiger partial charge in [0, 0.05) is 0 Å². The minimum Gasteiger partial charge on any atom is -0.0842 e. The van der Waals surface area contributed by atoms with Crippen LogP contribution in [0.2, 0.25) is 0 Å². The smallest absolute Gasteiger partial charge is 0.0130 e. The van der Waals surface area contributed by atoms with Crippen LogP contribution in [0.4, 0.5) is 0 Å². The molecule has 2 atom stereocenters. The van der Waals surface area contributed by atoms with Gasteiger partial charge in [0.2, 0.25) is 0 Å². The number of hydrogen-bond acceptors (Lipinski definition) is 0. The fraction of sp³-hybridized carbons (Fsp3) is 0.500.